The van der Waals surface area contributed by atoms with Crippen molar-refractivity contribution >= 4 is 0 Å². The standard InChI is InChI=1S/C10H19NO2/c1-11-9-2-4-10(5-3-9)8-12-6-7-13-10/h9,11H,2-8H2,1H3. The van der Waals surface area contributed by atoms with Crippen LogP contribution >= 0.6 is 0 Å². The summed E-state index contributed by atoms with van der Waals surface area (Å²) in [5.41, 5.74) is 0.0750. The maximum absolute atomic E-state index is 5.85. The Morgan fingerprint density at radius 1 is 1.23 bits per heavy atom. The highest BCUT2D eigenvalue weighted by molar-refractivity contribution is 4.90. The zero-order valence-corrected chi connectivity index (χ0v) is 8.34. The molecule has 1 saturated carbocycles. The Morgan fingerprint density at radius 3 is 2.54 bits per heavy atom. The predicted molar refractivity (Wildman–Crippen MR) is 50.8 cm³/mol. The SMILES string of the molecule is CNC1CCC2(CC1)COCCO2. The van der Waals surface area contributed by atoms with Gasteiger partial charge in [0.2, 0.25) is 0 Å². The minimum atomic E-state index is 0.0750. The summed E-state index contributed by atoms with van der Waals surface area (Å²) in [5.74, 6) is 0. The highest BCUT2D eigenvalue weighted by Gasteiger charge is 2.37. The first-order valence-corrected chi connectivity index (χ1v) is 5.24. The molecule has 3 nitrogen and oxygen atoms in total. The first-order valence-electron chi connectivity index (χ1n) is 5.24. The molecule has 0 bridgehead atoms. The average Bonchev–Trinajstić information content (AvgIpc) is 2.20. The number of rotatable bonds is 1. The van der Waals surface area contributed by atoms with E-state index in [2.05, 4.69) is 5.32 Å². The van der Waals surface area contributed by atoms with Crippen molar-refractivity contribution in [2.24, 2.45) is 0 Å². The van der Waals surface area contributed by atoms with Crippen LogP contribution in [0.5, 0.6) is 0 Å². The van der Waals surface area contributed by atoms with Crippen molar-refractivity contribution in [3.63, 3.8) is 0 Å². The van der Waals surface area contributed by atoms with Crippen LogP contribution in [0.15, 0.2) is 0 Å². The fourth-order valence-corrected chi connectivity index (χ4v) is 2.34. The minimum Gasteiger partial charge on any atom is -0.376 e. The molecule has 1 saturated heterocycles. The van der Waals surface area contributed by atoms with Gasteiger partial charge in [0.05, 0.1) is 25.4 Å². The lowest BCUT2D eigenvalue weighted by Gasteiger charge is -2.42. The minimum absolute atomic E-state index is 0.0750. The van der Waals surface area contributed by atoms with Gasteiger partial charge in [0.1, 0.15) is 0 Å². The second kappa shape index (κ2) is 3.95. The fourth-order valence-electron chi connectivity index (χ4n) is 2.34. The van der Waals surface area contributed by atoms with E-state index in [4.69, 9.17) is 9.47 Å². The Bertz CT molecular complexity index is 156. The van der Waals surface area contributed by atoms with E-state index in [0.29, 0.717) is 6.04 Å². The van der Waals surface area contributed by atoms with Crippen molar-refractivity contribution in [1.29, 1.82) is 0 Å². The molecule has 0 amide bonds. The van der Waals surface area contributed by atoms with Crippen molar-refractivity contribution in [2.45, 2.75) is 37.3 Å². The van der Waals surface area contributed by atoms with Crippen LogP contribution < -0.4 is 5.32 Å². The summed E-state index contributed by atoms with van der Waals surface area (Å²) < 4.78 is 11.3. The van der Waals surface area contributed by atoms with Gasteiger partial charge in [-0.15, -0.1) is 0 Å². The largest absolute Gasteiger partial charge is 0.376 e. The molecule has 0 aromatic heterocycles. The number of ether oxygens (including phenoxy) is 2. The molecule has 0 radical (unpaired) electrons. The van der Waals surface area contributed by atoms with E-state index in [1.54, 1.807) is 0 Å². The molecule has 0 aromatic rings. The van der Waals surface area contributed by atoms with E-state index in [9.17, 15) is 0 Å². The molecular weight excluding hydrogens is 166 g/mol. The summed E-state index contributed by atoms with van der Waals surface area (Å²) in [5, 5.41) is 3.33. The first kappa shape index (κ1) is 9.44. The van der Waals surface area contributed by atoms with Crippen LogP contribution in [0.1, 0.15) is 25.7 Å². The molecule has 0 unspecified atom stereocenters. The second-order valence-electron chi connectivity index (χ2n) is 4.15. The third-order valence-corrected chi connectivity index (χ3v) is 3.31. The molecular formula is C10H19NO2. The number of nitrogens with one attached hydrogen (secondary N) is 1. The van der Waals surface area contributed by atoms with E-state index >= 15 is 0 Å². The molecule has 1 aliphatic heterocycles. The van der Waals surface area contributed by atoms with Crippen LogP contribution in [0.2, 0.25) is 0 Å². The molecule has 1 aliphatic carbocycles. The lowest BCUT2D eigenvalue weighted by molar-refractivity contribution is -0.172. The van der Waals surface area contributed by atoms with Crippen LogP contribution in [-0.2, 0) is 9.47 Å². The molecule has 2 rings (SSSR count). The smallest absolute Gasteiger partial charge is 0.0917 e. The van der Waals surface area contributed by atoms with Crippen molar-refractivity contribution in [2.75, 3.05) is 26.9 Å². The normalized spacial score (nSPS) is 40.8. The van der Waals surface area contributed by atoms with Crippen LogP contribution in [-0.4, -0.2) is 38.5 Å². The lowest BCUT2D eigenvalue weighted by Crippen LogP contribution is -2.48. The van der Waals surface area contributed by atoms with Gasteiger partial charge < -0.3 is 14.8 Å². The molecule has 3 heteroatoms. The lowest BCUT2D eigenvalue weighted by atomic mass is 9.82. The average molecular weight is 185 g/mol. The fraction of sp³-hybridized carbons (Fsp3) is 1.00. The van der Waals surface area contributed by atoms with E-state index in [-0.39, 0.29) is 5.60 Å². The second-order valence-corrected chi connectivity index (χ2v) is 4.15. The van der Waals surface area contributed by atoms with E-state index in [1.165, 1.54) is 12.8 Å². The summed E-state index contributed by atoms with van der Waals surface area (Å²) in [7, 11) is 2.04. The van der Waals surface area contributed by atoms with Gasteiger partial charge in [-0.25, -0.2) is 0 Å². The highest BCUT2D eigenvalue weighted by atomic mass is 16.6. The van der Waals surface area contributed by atoms with Crippen LogP contribution in [0.25, 0.3) is 0 Å². The van der Waals surface area contributed by atoms with Gasteiger partial charge >= 0.3 is 0 Å². The summed E-state index contributed by atoms with van der Waals surface area (Å²) in [6.07, 6.45) is 4.75. The van der Waals surface area contributed by atoms with Gasteiger partial charge in [0.25, 0.3) is 0 Å². The zero-order chi connectivity index (χ0) is 9.15. The number of hydrogen-bond acceptors (Lipinski definition) is 3. The molecule has 13 heavy (non-hydrogen) atoms. The summed E-state index contributed by atoms with van der Waals surface area (Å²) >= 11 is 0. The van der Waals surface area contributed by atoms with Gasteiger partial charge in [-0.3, -0.25) is 0 Å². The molecule has 76 valence electrons. The zero-order valence-electron chi connectivity index (χ0n) is 8.34. The highest BCUT2D eigenvalue weighted by Crippen LogP contribution is 2.33. The van der Waals surface area contributed by atoms with Crippen molar-refractivity contribution in [3.8, 4) is 0 Å². The third kappa shape index (κ3) is 2.03. The number of hydrogen-bond donors (Lipinski definition) is 1. The molecule has 2 fully saturated rings. The Labute approximate surface area is 79.8 Å². The van der Waals surface area contributed by atoms with Crippen LogP contribution in [0.4, 0.5) is 0 Å². The molecule has 1 N–H and O–H groups in total. The van der Waals surface area contributed by atoms with Crippen LogP contribution in [0, 0.1) is 0 Å². The molecule has 0 aromatic carbocycles. The van der Waals surface area contributed by atoms with Gasteiger partial charge in [-0.05, 0) is 32.7 Å². The Hall–Kier alpha value is -0.120. The maximum atomic E-state index is 5.85. The molecule has 1 spiro atoms. The molecule has 1 heterocycles. The maximum Gasteiger partial charge on any atom is 0.0917 e. The van der Waals surface area contributed by atoms with Crippen molar-refractivity contribution in [1.82, 2.24) is 5.32 Å². The van der Waals surface area contributed by atoms with Gasteiger partial charge in [0, 0.05) is 6.04 Å². The summed E-state index contributed by atoms with van der Waals surface area (Å²) in [6.45, 7) is 2.37. The molecule has 0 atom stereocenters. The Kier molecular flexibility index (Phi) is 2.86. The van der Waals surface area contributed by atoms with Gasteiger partial charge in [-0.1, -0.05) is 0 Å². The van der Waals surface area contributed by atoms with Gasteiger partial charge in [0.15, 0.2) is 0 Å². The van der Waals surface area contributed by atoms with Crippen molar-refractivity contribution < 1.29 is 9.47 Å². The first-order chi connectivity index (χ1) is 6.35. The third-order valence-electron chi connectivity index (χ3n) is 3.31. The van der Waals surface area contributed by atoms with Crippen molar-refractivity contribution in [3.05, 3.63) is 0 Å². The summed E-state index contributed by atoms with van der Waals surface area (Å²) in [6, 6.07) is 0.691. The quantitative estimate of drug-likeness (QED) is 0.659. The van der Waals surface area contributed by atoms with E-state index in [1.807, 2.05) is 7.05 Å². The van der Waals surface area contributed by atoms with Gasteiger partial charge in [-0.2, -0.15) is 0 Å². The molecule has 2 aliphatic rings. The predicted octanol–water partition coefficient (Wildman–Crippen LogP) is 0.934. The Morgan fingerprint density at radius 2 is 2.00 bits per heavy atom. The van der Waals surface area contributed by atoms with E-state index < -0.39 is 0 Å². The topological polar surface area (TPSA) is 30.5 Å². The Balaban J connectivity index is 1.87. The van der Waals surface area contributed by atoms with Crippen LogP contribution in [0.3, 0.4) is 0 Å². The summed E-state index contributed by atoms with van der Waals surface area (Å²) in [4.78, 5) is 0. The van der Waals surface area contributed by atoms with E-state index in [0.717, 1.165) is 32.7 Å². The monoisotopic (exact) mass is 185 g/mol.